The van der Waals surface area contributed by atoms with Crippen molar-refractivity contribution in [2.45, 2.75) is 26.7 Å². The van der Waals surface area contributed by atoms with Crippen molar-refractivity contribution in [1.29, 1.82) is 0 Å². The summed E-state index contributed by atoms with van der Waals surface area (Å²) < 4.78 is 0. The second kappa shape index (κ2) is 8.93. The van der Waals surface area contributed by atoms with E-state index in [0.29, 0.717) is 18.0 Å². The summed E-state index contributed by atoms with van der Waals surface area (Å²) in [5.74, 6) is 0.570. The predicted octanol–water partition coefficient (Wildman–Crippen LogP) is 3.51. The quantitative estimate of drug-likeness (QED) is 0.784. The van der Waals surface area contributed by atoms with Crippen molar-refractivity contribution in [3.8, 4) is 0 Å². The lowest BCUT2D eigenvalue weighted by Crippen LogP contribution is -2.25. The van der Waals surface area contributed by atoms with E-state index in [9.17, 15) is 4.79 Å². The lowest BCUT2D eigenvalue weighted by atomic mass is 10.1. The molecule has 4 nitrogen and oxygen atoms in total. The van der Waals surface area contributed by atoms with Gasteiger partial charge in [-0.05, 0) is 30.4 Å². The maximum Gasteiger partial charge on any atom is 0.252 e. The zero-order chi connectivity index (χ0) is 16.5. The smallest absolute Gasteiger partial charge is 0.252 e. The number of carbonyl (C=O) groups excluding carboxylic acids is 1. The Balaban J connectivity index is 1.82. The van der Waals surface area contributed by atoms with Crippen molar-refractivity contribution in [2.75, 3.05) is 18.4 Å². The van der Waals surface area contributed by atoms with Crippen molar-refractivity contribution < 1.29 is 4.79 Å². The first-order valence-electron chi connectivity index (χ1n) is 8.16. The summed E-state index contributed by atoms with van der Waals surface area (Å²) in [6, 6.07) is 12.0. The van der Waals surface area contributed by atoms with Gasteiger partial charge in [0.05, 0.1) is 11.3 Å². The van der Waals surface area contributed by atoms with Gasteiger partial charge >= 0.3 is 0 Å². The molecule has 0 saturated heterocycles. The first-order chi connectivity index (χ1) is 11.1. The van der Waals surface area contributed by atoms with Crippen LogP contribution in [-0.4, -0.2) is 24.0 Å². The molecular formula is C19H25N3O. The van der Waals surface area contributed by atoms with E-state index in [2.05, 4.69) is 41.6 Å². The maximum atomic E-state index is 12.2. The van der Waals surface area contributed by atoms with Gasteiger partial charge in [-0.15, -0.1) is 0 Å². The van der Waals surface area contributed by atoms with Crippen molar-refractivity contribution >= 4 is 11.6 Å². The maximum absolute atomic E-state index is 12.2. The van der Waals surface area contributed by atoms with E-state index in [1.165, 1.54) is 5.56 Å². The topological polar surface area (TPSA) is 54.0 Å². The third-order valence-electron chi connectivity index (χ3n) is 3.59. The number of pyridine rings is 1. The number of hydrogen-bond donors (Lipinski definition) is 2. The Kier molecular flexibility index (Phi) is 6.60. The molecule has 1 heterocycles. The van der Waals surface area contributed by atoms with Crippen LogP contribution in [0.1, 0.15) is 36.2 Å². The van der Waals surface area contributed by atoms with Crippen LogP contribution in [-0.2, 0) is 6.42 Å². The standard InChI is InChI=1S/C19H25N3O/c1-15(2)8-10-21-18-12-17(13-20-14-18)19(23)22-11-9-16-6-4-3-5-7-16/h3-7,12-15,21H,8-11H2,1-2H3,(H,22,23). The number of benzene rings is 1. The summed E-state index contributed by atoms with van der Waals surface area (Å²) in [6.45, 7) is 5.89. The molecule has 2 aromatic rings. The van der Waals surface area contributed by atoms with Gasteiger partial charge in [0.25, 0.3) is 5.91 Å². The molecule has 2 rings (SSSR count). The number of amides is 1. The average Bonchev–Trinajstić information content (AvgIpc) is 2.56. The highest BCUT2D eigenvalue weighted by atomic mass is 16.1. The number of anilines is 1. The van der Waals surface area contributed by atoms with Gasteiger partial charge in [-0.1, -0.05) is 44.2 Å². The van der Waals surface area contributed by atoms with Crippen LogP contribution in [0, 0.1) is 5.92 Å². The van der Waals surface area contributed by atoms with Crippen molar-refractivity contribution in [3.63, 3.8) is 0 Å². The normalized spacial score (nSPS) is 10.6. The van der Waals surface area contributed by atoms with E-state index in [1.54, 1.807) is 12.4 Å². The van der Waals surface area contributed by atoms with Crippen LogP contribution in [0.15, 0.2) is 48.8 Å². The first-order valence-corrected chi connectivity index (χ1v) is 8.16. The van der Waals surface area contributed by atoms with Crippen LogP contribution in [0.2, 0.25) is 0 Å². The molecule has 122 valence electrons. The molecule has 1 amide bonds. The van der Waals surface area contributed by atoms with E-state index >= 15 is 0 Å². The Labute approximate surface area is 138 Å². The van der Waals surface area contributed by atoms with Gasteiger partial charge < -0.3 is 10.6 Å². The Morgan fingerprint density at radius 1 is 1.13 bits per heavy atom. The summed E-state index contributed by atoms with van der Waals surface area (Å²) in [4.78, 5) is 16.3. The summed E-state index contributed by atoms with van der Waals surface area (Å²) >= 11 is 0. The predicted molar refractivity (Wildman–Crippen MR) is 94.7 cm³/mol. The van der Waals surface area contributed by atoms with Gasteiger partial charge in [0.1, 0.15) is 0 Å². The summed E-state index contributed by atoms with van der Waals surface area (Å²) in [7, 11) is 0. The zero-order valence-corrected chi connectivity index (χ0v) is 13.9. The van der Waals surface area contributed by atoms with Gasteiger partial charge in [-0.3, -0.25) is 9.78 Å². The largest absolute Gasteiger partial charge is 0.384 e. The number of hydrogen-bond acceptors (Lipinski definition) is 3. The molecule has 0 aliphatic carbocycles. The fourth-order valence-electron chi connectivity index (χ4n) is 2.23. The number of nitrogens with one attached hydrogen (secondary N) is 2. The fraction of sp³-hybridized carbons (Fsp3) is 0.368. The molecule has 0 bridgehead atoms. The molecule has 0 saturated carbocycles. The Hall–Kier alpha value is -2.36. The molecule has 0 radical (unpaired) electrons. The summed E-state index contributed by atoms with van der Waals surface area (Å²) in [5, 5.41) is 6.25. The van der Waals surface area contributed by atoms with Crippen LogP contribution < -0.4 is 10.6 Å². The third kappa shape index (κ3) is 6.10. The third-order valence-corrected chi connectivity index (χ3v) is 3.59. The number of carbonyl (C=O) groups is 1. The minimum absolute atomic E-state index is 0.0825. The summed E-state index contributed by atoms with van der Waals surface area (Å²) in [5.41, 5.74) is 2.70. The van der Waals surface area contributed by atoms with E-state index < -0.39 is 0 Å². The fourth-order valence-corrected chi connectivity index (χ4v) is 2.23. The van der Waals surface area contributed by atoms with Gasteiger partial charge in [-0.2, -0.15) is 0 Å². The minimum atomic E-state index is -0.0825. The number of nitrogens with zero attached hydrogens (tertiary/aromatic N) is 1. The van der Waals surface area contributed by atoms with Crippen LogP contribution in [0.3, 0.4) is 0 Å². The highest BCUT2D eigenvalue weighted by molar-refractivity contribution is 5.94. The Morgan fingerprint density at radius 3 is 2.65 bits per heavy atom. The van der Waals surface area contributed by atoms with E-state index in [1.807, 2.05) is 24.3 Å². The lowest BCUT2D eigenvalue weighted by Gasteiger charge is -2.10. The molecule has 1 aromatic heterocycles. The molecular weight excluding hydrogens is 286 g/mol. The van der Waals surface area contributed by atoms with E-state index in [4.69, 9.17) is 0 Å². The monoisotopic (exact) mass is 311 g/mol. The Morgan fingerprint density at radius 2 is 1.91 bits per heavy atom. The van der Waals surface area contributed by atoms with Crippen molar-refractivity contribution in [2.24, 2.45) is 5.92 Å². The lowest BCUT2D eigenvalue weighted by molar-refractivity contribution is 0.0954. The molecule has 0 fully saturated rings. The van der Waals surface area contributed by atoms with E-state index in [0.717, 1.165) is 25.1 Å². The number of rotatable bonds is 8. The van der Waals surface area contributed by atoms with Gasteiger partial charge in [0.15, 0.2) is 0 Å². The highest BCUT2D eigenvalue weighted by Gasteiger charge is 2.06. The second-order valence-corrected chi connectivity index (χ2v) is 6.06. The van der Waals surface area contributed by atoms with Crippen LogP contribution in [0.25, 0.3) is 0 Å². The van der Waals surface area contributed by atoms with Crippen LogP contribution in [0.5, 0.6) is 0 Å². The molecule has 0 spiro atoms. The van der Waals surface area contributed by atoms with Crippen molar-refractivity contribution in [3.05, 3.63) is 59.9 Å². The van der Waals surface area contributed by atoms with Crippen molar-refractivity contribution in [1.82, 2.24) is 10.3 Å². The minimum Gasteiger partial charge on any atom is -0.384 e. The number of aromatic nitrogens is 1. The van der Waals surface area contributed by atoms with Crippen LogP contribution in [0.4, 0.5) is 5.69 Å². The molecule has 1 aromatic carbocycles. The molecule has 0 aliphatic heterocycles. The van der Waals surface area contributed by atoms with Crippen LogP contribution >= 0.6 is 0 Å². The molecule has 0 atom stereocenters. The molecule has 23 heavy (non-hydrogen) atoms. The molecule has 4 heteroatoms. The zero-order valence-electron chi connectivity index (χ0n) is 13.9. The highest BCUT2D eigenvalue weighted by Crippen LogP contribution is 2.09. The Bertz CT molecular complexity index is 611. The molecule has 2 N–H and O–H groups in total. The van der Waals surface area contributed by atoms with Gasteiger partial charge in [0, 0.05) is 25.5 Å². The van der Waals surface area contributed by atoms with E-state index in [-0.39, 0.29) is 5.91 Å². The van der Waals surface area contributed by atoms with Gasteiger partial charge in [-0.25, -0.2) is 0 Å². The second-order valence-electron chi connectivity index (χ2n) is 6.06. The summed E-state index contributed by atoms with van der Waals surface area (Å²) in [6.07, 6.45) is 5.27. The molecule has 0 aliphatic rings. The SMILES string of the molecule is CC(C)CCNc1cncc(C(=O)NCCc2ccccc2)c1. The average molecular weight is 311 g/mol. The molecule has 0 unspecified atom stereocenters. The first kappa shape index (κ1) is 17.0. The van der Waals surface area contributed by atoms with Gasteiger partial charge in [0.2, 0.25) is 0 Å².